The molecule has 4 nitrogen and oxygen atoms in total. The maximum Gasteiger partial charge on any atom is 0.454 e. The van der Waals surface area contributed by atoms with E-state index in [0.717, 1.165) is 17.7 Å². The van der Waals surface area contributed by atoms with Crippen LogP contribution in [0.1, 0.15) is 24.0 Å². The van der Waals surface area contributed by atoms with Gasteiger partial charge >= 0.3 is 12.1 Å². The molecule has 1 fully saturated rings. The number of aromatic nitrogens is 1. The Bertz CT molecular complexity index is 833. The number of pyridine rings is 1. The number of alkyl halides is 5. The van der Waals surface area contributed by atoms with E-state index < -0.39 is 28.9 Å². The number of halogens is 6. The molecule has 0 aliphatic heterocycles. The maximum absolute atomic E-state index is 14.2. The van der Waals surface area contributed by atoms with Gasteiger partial charge in [-0.15, -0.1) is 0 Å². The van der Waals surface area contributed by atoms with Crippen LogP contribution in [-0.2, 0) is 10.2 Å². The molecule has 3 rings (SSSR count). The van der Waals surface area contributed by atoms with Gasteiger partial charge in [-0.3, -0.25) is 4.79 Å². The lowest BCUT2D eigenvalue weighted by Crippen LogP contribution is -2.47. The molecule has 0 bridgehead atoms. The number of nitrogens with zero attached hydrogens (tertiary/aromatic N) is 1. The van der Waals surface area contributed by atoms with Crippen molar-refractivity contribution in [2.45, 2.75) is 37.3 Å². The fraction of sp³-hybridized carbons (Fsp3) is 0.333. The topological polar surface area (TPSA) is 65.2 Å². The van der Waals surface area contributed by atoms with E-state index >= 15 is 0 Å². The third-order valence-electron chi connectivity index (χ3n) is 4.29. The minimum absolute atomic E-state index is 0.0824. The van der Waals surface area contributed by atoms with Crippen molar-refractivity contribution in [3.05, 3.63) is 53.5 Å². The summed E-state index contributed by atoms with van der Waals surface area (Å²) in [5, 5.41) is 0. The molecule has 1 aromatic carbocycles. The van der Waals surface area contributed by atoms with Crippen LogP contribution in [0, 0.1) is 12.7 Å². The summed E-state index contributed by atoms with van der Waals surface area (Å²) in [7, 11) is 0. The molecule has 1 aliphatic rings. The van der Waals surface area contributed by atoms with E-state index in [2.05, 4.69) is 10.7 Å². The number of carbonyl (C=O) groups excluding carboxylic acids is 1. The molecule has 0 atom stereocenters. The van der Waals surface area contributed by atoms with Crippen molar-refractivity contribution in [2.24, 2.45) is 5.73 Å². The molecule has 2 N–H and O–H groups in total. The predicted octanol–water partition coefficient (Wildman–Crippen LogP) is 4.65. The molecule has 152 valence electrons. The molecule has 0 saturated heterocycles. The molecular formula is C18H16F6N2O2. The Morgan fingerprint density at radius 1 is 1.14 bits per heavy atom. The average molecular weight is 406 g/mol. The van der Waals surface area contributed by atoms with Gasteiger partial charge in [0.15, 0.2) is 11.6 Å². The van der Waals surface area contributed by atoms with Gasteiger partial charge in [0.05, 0.1) is 5.41 Å². The number of aryl methyl sites for hydroxylation is 1. The van der Waals surface area contributed by atoms with Gasteiger partial charge in [-0.25, -0.2) is 9.37 Å². The van der Waals surface area contributed by atoms with Gasteiger partial charge in [0.25, 0.3) is 0 Å². The quantitative estimate of drug-likeness (QED) is 0.594. The van der Waals surface area contributed by atoms with Gasteiger partial charge in [-0.2, -0.15) is 22.0 Å². The minimum atomic E-state index is -5.69. The Morgan fingerprint density at radius 3 is 2.18 bits per heavy atom. The Balaban J connectivity index is 0.000000878. The van der Waals surface area contributed by atoms with Crippen LogP contribution in [0.4, 0.5) is 26.3 Å². The summed E-state index contributed by atoms with van der Waals surface area (Å²) in [6.07, 6.45) is -4.68. The Labute approximate surface area is 156 Å². The molecule has 2 aromatic rings. The van der Waals surface area contributed by atoms with Gasteiger partial charge in [0.1, 0.15) is 0 Å². The van der Waals surface area contributed by atoms with Crippen LogP contribution in [0.15, 0.2) is 36.5 Å². The molecule has 1 aromatic heterocycles. The summed E-state index contributed by atoms with van der Waals surface area (Å²) in [5.74, 6) is -6.16. The van der Waals surface area contributed by atoms with E-state index in [1.165, 1.54) is 12.3 Å². The Hall–Kier alpha value is -2.78. The molecule has 1 amide bonds. The number of hydrogen-bond donors (Lipinski definition) is 1. The van der Waals surface area contributed by atoms with Crippen LogP contribution >= 0.6 is 0 Å². The molecule has 0 spiro atoms. The molecule has 28 heavy (non-hydrogen) atoms. The highest BCUT2D eigenvalue weighted by Crippen LogP contribution is 2.63. The molecule has 1 saturated carbocycles. The summed E-state index contributed by atoms with van der Waals surface area (Å²) in [4.78, 5) is 12.5. The second kappa shape index (κ2) is 7.69. The lowest BCUT2D eigenvalue weighted by Gasteiger charge is -2.29. The zero-order valence-electron chi connectivity index (χ0n) is 14.6. The van der Waals surface area contributed by atoms with E-state index in [1.807, 2.05) is 0 Å². The summed E-state index contributed by atoms with van der Waals surface area (Å²) >= 11 is 0. The summed E-state index contributed by atoms with van der Waals surface area (Å²) in [5.41, 5.74) is 2.22. The van der Waals surface area contributed by atoms with Gasteiger partial charge in [0, 0.05) is 12.3 Å². The summed E-state index contributed by atoms with van der Waals surface area (Å²) in [6, 6.07) is 5.93. The molecule has 10 heteroatoms. The average Bonchev–Trinajstić information content (AvgIpc) is 3.40. The fourth-order valence-electron chi connectivity index (χ4n) is 2.69. The number of carbonyl (C=O) groups is 1. The largest absolute Gasteiger partial charge is 0.454 e. The lowest BCUT2D eigenvalue weighted by molar-refractivity contribution is -0.296. The van der Waals surface area contributed by atoms with Gasteiger partial charge in [-0.05, 0) is 43.0 Å². The van der Waals surface area contributed by atoms with Crippen LogP contribution in [0.3, 0.4) is 0 Å². The molecule has 1 heterocycles. The standard InChI is InChI=1S/C17H13F6NO.CH3NO/c1-10-2-5-14(24-9-10)25-13-4-3-11(8-12(13)18)15(6-7-15)16(19,20)17(21,22)23;2-1-3/h2-5,8-9H,6-7H2,1H3;1H,(H2,2,3). The van der Waals surface area contributed by atoms with Crippen molar-refractivity contribution in [2.75, 3.05) is 0 Å². The van der Waals surface area contributed by atoms with Crippen molar-refractivity contribution < 1.29 is 35.9 Å². The number of rotatable bonds is 4. The minimum Gasteiger partial charge on any atom is -0.436 e. The zero-order valence-corrected chi connectivity index (χ0v) is 14.6. The summed E-state index contributed by atoms with van der Waals surface area (Å²) < 4.78 is 85.0. The van der Waals surface area contributed by atoms with Gasteiger partial charge in [-0.1, -0.05) is 12.1 Å². The van der Waals surface area contributed by atoms with E-state index in [1.54, 1.807) is 13.0 Å². The fourth-order valence-corrected chi connectivity index (χ4v) is 2.69. The maximum atomic E-state index is 14.2. The van der Waals surface area contributed by atoms with Gasteiger partial charge in [0.2, 0.25) is 12.3 Å². The molecule has 0 unspecified atom stereocenters. The first-order valence-electron chi connectivity index (χ1n) is 7.99. The molecule has 1 aliphatic carbocycles. The van der Waals surface area contributed by atoms with Crippen molar-refractivity contribution in [1.82, 2.24) is 4.98 Å². The lowest BCUT2D eigenvalue weighted by atomic mass is 9.88. The molecule has 0 radical (unpaired) electrons. The van der Waals surface area contributed by atoms with Crippen molar-refractivity contribution in [1.29, 1.82) is 0 Å². The van der Waals surface area contributed by atoms with E-state index in [4.69, 9.17) is 9.53 Å². The number of benzene rings is 1. The van der Waals surface area contributed by atoms with Crippen LogP contribution in [0.25, 0.3) is 0 Å². The number of ether oxygens (including phenoxy) is 1. The third kappa shape index (κ3) is 4.05. The highest BCUT2D eigenvalue weighted by molar-refractivity contribution is 5.42. The smallest absolute Gasteiger partial charge is 0.436 e. The summed E-state index contributed by atoms with van der Waals surface area (Å²) in [6.45, 7) is 1.79. The van der Waals surface area contributed by atoms with E-state index in [9.17, 15) is 26.3 Å². The third-order valence-corrected chi connectivity index (χ3v) is 4.29. The second-order valence-corrected chi connectivity index (χ2v) is 6.21. The number of primary amides is 1. The molecular weight excluding hydrogens is 390 g/mol. The van der Waals surface area contributed by atoms with Crippen molar-refractivity contribution in [3.8, 4) is 11.6 Å². The van der Waals surface area contributed by atoms with Gasteiger partial charge < -0.3 is 10.5 Å². The predicted molar refractivity (Wildman–Crippen MR) is 87.6 cm³/mol. The first kappa shape index (κ1) is 21.5. The number of nitrogens with two attached hydrogens (primary N) is 1. The Kier molecular flexibility index (Phi) is 5.91. The van der Waals surface area contributed by atoms with Crippen molar-refractivity contribution in [3.63, 3.8) is 0 Å². The monoisotopic (exact) mass is 406 g/mol. The van der Waals surface area contributed by atoms with E-state index in [0.29, 0.717) is 6.07 Å². The SMILES string of the molecule is Cc1ccc(Oc2ccc(C3(C(F)(F)C(F)(F)F)CC3)cc2F)nc1.NC=O. The first-order chi connectivity index (χ1) is 13.0. The Morgan fingerprint density at radius 2 is 1.75 bits per heavy atom. The highest BCUT2D eigenvalue weighted by atomic mass is 19.4. The highest BCUT2D eigenvalue weighted by Gasteiger charge is 2.75. The number of amides is 1. The van der Waals surface area contributed by atoms with Crippen LogP contribution in [0.2, 0.25) is 0 Å². The van der Waals surface area contributed by atoms with Crippen LogP contribution in [0.5, 0.6) is 11.6 Å². The zero-order chi connectivity index (χ0) is 21.2. The van der Waals surface area contributed by atoms with Crippen LogP contribution in [-0.4, -0.2) is 23.5 Å². The number of hydrogen-bond acceptors (Lipinski definition) is 3. The normalized spacial score (nSPS) is 15.2. The first-order valence-corrected chi connectivity index (χ1v) is 7.99. The van der Waals surface area contributed by atoms with Crippen LogP contribution < -0.4 is 10.5 Å². The van der Waals surface area contributed by atoms with E-state index in [-0.39, 0.29) is 30.9 Å². The van der Waals surface area contributed by atoms with Crippen molar-refractivity contribution >= 4 is 6.41 Å². The second-order valence-electron chi connectivity index (χ2n) is 6.21.